The Labute approximate surface area is 152 Å². The first kappa shape index (κ1) is 19.8. The molecule has 2 aromatic rings. The van der Waals surface area contributed by atoms with Gasteiger partial charge in [0.15, 0.2) is 0 Å². The number of benzene rings is 1. The first-order chi connectivity index (χ1) is 12.7. The molecule has 1 aromatic heterocycles. The summed E-state index contributed by atoms with van der Waals surface area (Å²) in [7, 11) is 1.39. The van der Waals surface area contributed by atoms with Gasteiger partial charge in [0.05, 0.1) is 19.4 Å². The van der Waals surface area contributed by atoms with E-state index in [1.807, 2.05) is 31.2 Å². The van der Waals surface area contributed by atoms with Crippen molar-refractivity contribution in [2.75, 3.05) is 13.7 Å². The zero-order valence-electron chi connectivity index (χ0n) is 15.0. The number of pyridine rings is 1. The summed E-state index contributed by atoms with van der Waals surface area (Å²) in [5, 5.41) is 9.15. The number of carbonyl (C=O) groups excluding carboxylic acids is 1. The monoisotopic (exact) mass is 360 g/mol. The van der Waals surface area contributed by atoms with E-state index < -0.39 is 6.10 Å². The number of hydroxylamine groups is 1. The number of aliphatic hydroxyl groups excluding tert-OH is 1. The van der Waals surface area contributed by atoms with E-state index in [4.69, 9.17) is 14.6 Å². The number of hydrogen-bond acceptors (Lipinski definition) is 6. The van der Waals surface area contributed by atoms with Gasteiger partial charge in [0.2, 0.25) is 0 Å². The highest BCUT2D eigenvalue weighted by molar-refractivity contribution is 5.80. The molecule has 0 fully saturated rings. The highest BCUT2D eigenvalue weighted by Crippen LogP contribution is 2.16. The van der Waals surface area contributed by atoms with Crippen molar-refractivity contribution in [2.45, 2.75) is 32.7 Å². The molecule has 7 nitrogen and oxygen atoms in total. The lowest BCUT2D eigenvalue weighted by atomic mass is 10.1. The van der Waals surface area contributed by atoms with Crippen LogP contribution in [0.5, 0.6) is 5.75 Å². The van der Waals surface area contributed by atoms with Crippen LogP contribution in [0.2, 0.25) is 0 Å². The summed E-state index contributed by atoms with van der Waals surface area (Å²) in [6.45, 7) is 2.56. The molecule has 0 saturated carbocycles. The first-order valence-electron chi connectivity index (χ1n) is 8.37. The summed E-state index contributed by atoms with van der Waals surface area (Å²) < 4.78 is 11.2. The molecule has 140 valence electrons. The molecule has 2 rings (SSSR count). The third kappa shape index (κ3) is 6.11. The summed E-state index contributed by atoms with van der Waals surface area (Å²) in [5.41, 5.74) is 4.78. The van der Waals surface area contributed by atoms with Crippen molar-refractivity contribution in [2.24, 2.45) is 0 Å². The van der Waals surface area contributed by atoms with Crippen molar-refractivity contribution in [3.05, 3.63) is 59.4 Å². The molecule has 0 unspecified atom stereocenters. The third-order valence-electron chi connectivity index (χ3n) is 3.66. The standard InChI is InChI=1S/C19H24N2O5/c1-3-25-18(19(23)21-24-2)11-14-4-6-17(7-5-14)26-13-16-10-15(12-22)8-9-20-16/h4-10,18,22H,3,11-13H2,1-2H3,(H,21,23)/t18-/m0/s1. The van der Waals surface area contributed by atoms with Gasteiger partial charge in [0.25, 0.3) is 5.91 Å². The number of ether oxygens (including phenoxy) is 2. The van der Waals surface area contributed by atoms with Gasteiger partial charge in [-0.05, 0) is 42.3 Å². The van der Waals surface area contributed by atoms with Crippen LogP contribution in [0.1, 0.15) is 23.7 Å². The molecule has 0 aliphatic carbocycles. The van der Waals surface area contributed by atoms with Crippen molar-refractivity contribution in [1.29, 1.82) is 0 Å². The molecule has 0 bridgehead atoms. The van der Waals surface area contributed by atoms with E-state index in [2.05, 4.69) is 15.3 Å². The van der Waals surface area contributed by atoms with Crippen LogP contribution >= 0.6 is 0 Å². The molecule has 1 heterocycles. The molecular formula is C19H24N2O5. The van der Waals surface area contributed by atoms with Gasteiger partial charge in [0.1, 0.15) is 18.5 Å². The Balaban J connectivity index is 1.93. The maximum Gasteiger partial charge on any atom is 0.272 e. The Hall–Kier alpha value is -2.48. The number of amides is 1. The van der Waals surface area contributed by atoms with Crippen LogP contribution in [0.3, 0.4) is 0 Å². The lowest BCUT2D eigenvalue weighted by molar-refractivity contribution is -0.143. The Morgan fingerprint density at radius 2 is 2.00 bits per heavy atom. The number of rotatable bonds is 10. The third-order valence-corrected chi connectivity index (χ3v) is 3.66. The van der Waals surface area contributed by atoms with Crippen LogP contribution in [0.15, 0.2) is 42.6 Å². The second-order valence-electron chi connectivity index (χ2n) is 5.56. The minimum atomic E-state index is -0.614. The SMILES string of the molecule is CCO[C@@H](Cc1ccc(OCc2cc(CO)ccn2)cc1)C(=O)NOC. The van der Waals surface area contributed by atoms with Crippen molar-refractivity contribution in [3.8, 4) is 5.75 Å². The van der Waals surface area contributed by atoms with E-state index in [1.54, 1.807) is 18.3 Å². The van der Waals surface area contributed by atoms with E-state index in [0.717, 1.165) is 16.8 Å². The Morgan fingerprint density at radius 3 is 2.65 bits per heavy atom. The Bertz CT molecular complexity index is 691. The van der Waals surface area contributed by atoms with E-state index >= 15 is 0 Å². The number of aliphatic hydroxyl groups is 1. The van der Waals surface area contributed by atoms with Gasteiger partial charge in [-0.3, -0.25) is 14.6 Å². The molecule has 0 radical (unpaired) electrons. The van der Waals surface area contributed by atoms with Crippen LogP contribution in [0.4, 0.5) is 0 Å². The number of nitrogens with zero attached hydrogens (tertiary/aromatic N) is 1. The second kappa shape index (κ2) is 10.5. The molecule has 7 heteroatoms. The van der Waals surface area contributed by atoms with Gasteiger partial charge >= 0.3 is 0 Å². The lowest BCUT2D eigenvalue weighted by Crippen LogP contribution is -2.37. The predicted octanol–water partition coefficient (Wildman–Crippen LogP) is 1.78. The fourth-order valence-electron chi connectivity index (χ4n) is 2.39. The lowest BCUT2D eigenvalue weighted by Gasteiger charge is -2.16. The summed E-state index contributed by atoms with van der Waals surface area (Å²) in [4.78, 5) is 20.8. The highest BCUT2D eigenvalue weighted by Gasteiger charge is 2.19. The second-order valence-corrected chi connectivity index (χ2v) is 5.56. The molecule has 0 aliphatic rings. The van der Waals surface area contributed by atoms with E-state index in [0.29, 0.717) is 25.4 Å². The number of carbonyl (C=O) groups is 1. The van der Waals surface area contributed by atoms with Gasteiger partial charge < -0.3 is 14.6 Å². The van der Waals surface area contributed by atoms with Gasteiger partial charge in [-0.2, -0.15) is 0 Å². The molecule has 1 aromatic carbocycles. The normalized spacial score (nSPS) is 11.8. The van der Waals surface area contributed by atoms with E-state index in [1.165, 1.54) is 7.11 Å². The van der Waals surface area contributed by atoms with Crippen LogP contribution in [0, 0.1) is 0 Å². The van der Waals surface area contributed by atoms with E-state index in [9.17, 15) is 4.79 Å². The van der Waals surface area contributed by atoms with Crippen molar-refractivity contribution in [3.63, 3.8) is 0 Å². The van der Waals surface area contributed by atoms with Crippen molar-refractivity contribution >= 4 is 5.91 Å². The molecule has 1 atom stereocenters. The highest BCUT2D eigenvalue weighted by atomic mass is 16.6. The smallest absolute Gasteiger partial charge is 0.272 e. The van der Waals surface area contributed by atoms with Crippen LogP contribution in [-0.4, -0.2) is 35.8 Å². The van der Waals surface area contributed by atoms with E-state index in [-0.39, 0.29) is 12.5 Å². The molecule has 0 saturated heterocycles. The van der Waals surface area contributed by atoms with Crippen molar-refractivity contribution in [1.82, 2.24) is 10.5 Å². The molecule has 2 N–H and O–H groups in total. The minimum absolute atomic E-state index is 0.0259. The number of aromatic nitrogens is 1. The minimum Gasteiger partial charge on any atom is -0.487 e. The summed E-state index contributed by atoms with van der Waals surface area (Å²) >= 11 is 0. The molecular weight excluding hydrogens is 336 g/mol. The van der Waals surface area contributed by atoms with Crippen LogP contribution < -0.4 is 10.2 Å². The number of hydrogen-bond donors (Lipinski definition) is 2. The maximum absolute atomic E-state index is 11.9. The fraction of sp³-hybridized carbons (Fsp3) is 0.368. The van der Waals surface area contributed by atoms with Gasteiger partial charge in [0, 0.05) is 19.2 Å². The largest absolute Gasteiger partial charge is 0.487 e. The zero-order chi connectivity index (χ0) is 18.8. The van der Waals surface area contributed by atoms with Crippen molar-refractivity contribution < 1.29 is 24.2 Å². The Morgan fingerprint density at radius 1 is 1.23 bits per heavy atom. The average molecular weight is 360 g/mol. The van der Waals surface area contributed by atoms with Crippen LogP contribution in [-0.2, 0) is 34.0 Å². The summed E-state index contributed by atoms with van der Waals surface area (Å²) in [5.74, 6) is 0.378. The maximum atomic E-state index is 11.9. The average Bonchev–Trinajstić information content (AvgIpc) is 2.67. The van der Waals surface area contributed by atoms with Gasteiger partial charge in [-0.1, -0.05) is 12.1 Å². The van der Waals surface area contributed by atoms with Crippen LogP contribution in [0.25, 0.3) is 0 Å². The predicted molar refractivity (Wildman–Crippen MR) is 95.2 cm³/mol. The summed E-state index contributed by atoms with van der Waals surface area (Å²) in [6, 6.07) is 11.0. The number of nitrogens with one attached hydrogen (secondary N) is 1. The molecule has 0 spiro atoms. The quantitative estimate of drug-likeness (QED) is 0.628. The molecule has 0 aliphatic heterocycles. The zero-order valence-corrected chi connectivity index (χ0v) is 15.0. The van der Waals surface area contributed by atoms with Gasteiger partial charge in [-0.15, -0.1) is 0 Å². The summed E-state index contributed by atoms with van der Waals surface area (Å²) in [6.07, 6.45) is 1.47. The molecule has 26 heavy (non-hydrogen) atoms. The Kier molecular flexibility index (Phi) is 8.01. The first-order valence-corrected chi connectivity index (χ1v) is 8.37. The topological polar surface area (TPSA) is 89.9 Å². The molecule has 1 amide bonds. The fourth-order valence-corrected chi connectivity index (χ4v) is 2.39. The van der Waals surface area contributed by atoms with Gasteiger partial charge in [-0.25, -0.2) is 5.48 Å².